The highest BCUT2D eigenvalue weighted by Crippen LogP contribution is 2.35. The van der Waals surface area contributed by atoms with Crippen molar-refractivity contribution in [3.8, 4) is 5.75 Å². The molecule has 0 spiro atoms. The third kappa shape index (κ3) is 3.31. The van der Waals surface area contributed by atoms with Crippen LogP contribution in [0.15, 0.2) is 60.8 Å². The molecule has 1 unspecified atom stereocenters. The molecule has 5 heteroatoms. The van der Waals surface area contributed by atoms with E-state index in [-0.39, 0.29) is 12.1 Å². The van der Waals surface area contributed by atoms with Crippen molar-refractivity contribution in [2.24, 2.45) is 0 Å². The van der Waals surface area contributed by atoms with Gasteiger partial charge in [-0.25, -0.2) is 0 Å². The van der Waals surface area contributed by atoms with E-state index in [4.69, 9.17) is 4.74 Å². The lowest BCUT2D eigenvalue weighted by Gasteiger charge is -2.27. The smallest absolute Gasteiger partial charge is 0.258 e. The van der Waals surface area contributed by atoms with Crippen LogP contribution in [-0.2, 0) is 6.54 Å². The number of nitrogens with one attached hydrogen (secondary N) is 1. The largest absolute Gasteiger partial charge is 0.497 e. The fourth-order valence-electron chi connectivity index (χ4n) is 3.51. The molecule has 2 heterocycles. The van der Waals surface area contributed by atoms with Crippen molar-refractivity contribution >= 4 is 11.6 Å². The van der Waals surface area contributed by atoms with Gasteiger partial charge in [0.05, 0.1) is 18.4 Å². The molecule has 0 bridgehead atoms. The topological polar surface area (TPSA) is 54.5 Å². The maximum atomic E-state index is 13.1. The molecular formula is C23H23N3O2. The monoisotopic (exact) mass is 373 g/mol. The molecule has 0 aliphatic carbocycles. The van der Waals surface area contributed by atoms with Crippen LogP contribution >= 0.6 is 0 Å². The van der Waals surface area contributed by atoms with Gasteiger partial charge in [0, 0.05) is 18.4 Å². The van der Waals surface area contributed by atoms with E-state index >= 15 is 0 Å². The van der Waals surface area contributed by atoms with Crippen LogP contribution in [0.3, 0.4) is 0 Å². The molecule has 1 aliphatic rings. The Morgan fingerprint density at radius 2 is 1.89 bits per heavy atom. The summed E-state index contributed by atoms with van der Waals surface area (Å²) >= 11 is 0. The van der Waals surface area contributed by atoms with Crippen molar-refractivity contribution in [1.82, 2.24) is 9.88 Å². The molecule has 0 radical (unpaired) electrons. The minimum atomic E-state index is -0.314. The maximum absolute atomic E-state index is 13.1. The van der Waals surface area contributed by atoms with Gasteiger partial charge in [0.15, 0.2) is 0 Å². The first-order valence-electron chi connectivity index (χ1n) is 9.29. The zero-order valence-corrected chi connectivity index (χ0v) is 16.3. The summed E-state index contributed by atoms with van der Waals surface area (Å²) in [4.78, 5) is 19.4. The number of nitrogens with zero attached hydrogens (tertiary/aromatic N) is 2. The van der Waals surface area contributed by atoms with Crippen LogP contribution in [0.1, 0.15) is 38.9 Å². The summed E-state index contributed by atoms with van der Waals surface area (Å²) in [6, 6.07) is 17.7. The zero-order valence-electron chi connectivity index (χ0n) is 16.3. The number of pyridine rings is 1. The molecule has 1 aromatic heterocycles. The van der Waals surface area contributed by atoms with E-state index in [0.717, 1.165) is 28.3 Å². The van der Waals surface area contributed by atoms with Gasteiger partial charge in [-0.1, -0.05) is 24.3 Å². The van der Waals surface area contributed by atoms with Crippen LogP contribution in [-0.4, -0.2) is 22.9 Å². The van der Waals surface area contributed by atoms with Gasteiger partial charge < -0.3 is 15.0 Å². The lowest BCUT2D eigenvalue weighted by atomic mass is 10.1. The van der Waals surface area contributed by atoms with E-state index in [1.165, 1.54) is 5.56 Å². The molecule has 1 amide bonds. The van der Waals surface area contributed by atoms with E-state index in [2.05, 4.69) is 42.3 Å². The molecular weight excluding hydrogens is 350 g/mol. The Labute approximate surface area is 165 Å². The minimum absolute atomic E-state index is 0.0123. The van der Waals surface area contributed by atoms with Crippen molar-refractivity contribution in [1.29, 1.82) is 0 Å². The number of amides is 1. The van der Waals surface area contributed by atoms with Gasteiger partial charge in [-0.15, -0.1) is 0 Å². The molecule has 0 saturated carbocycles. The Morgan fingerprint density at radius 1 is 1.11 bits per heavy atom. The Hall–Kier alpha value is -3.34. The van der Waals surface area contributed by atoms with Crippen LogP contribution < -0.4 is 10.1 Å². The molecule has 1 atom stereocenters. The third-order valence-corrected chi connectivity index (χ3v) is 5.10. The van der Waals surface area contributed by atoms with E-state index < -0.39 is 0 Å². The minimum Gasteiger partial charge on any atom is -0.497 e. The normalized spacial score (nSPS) is 15.5. The van der Waals surface area contributed by atoms with Gasteiger partial charge in [-0.05, 0) is 60.9 Å². The number of hydrogen-bond acceptors (Lipinski definition) is 4. The van der Waals surface area contributed by atoms with E-state index in [0.29, 0.717) is 12.1 Å². The lowest BCUT2D eigenvalue weighted by Crippen LogP contribution is -2.32. The van der Waals surface area contributed by atoms with Crippen LogP contribution in [0.25, 0.3) is 0 Å². The summed E-state index contributed by atoms with van der Waals surface area (Å²) in [6.45, 7) is 4.61. The summed E-state index contributed by atoms with van der Waals surface area (Å²) in [5, 5.41) is 3.55. The standard InChI is InChI=1S/C23H23N3O2/c1-15-6-7-16(2)20(13-15)25-22-21-19(5-4-12-24-21)23(27)26(22)14-17-8-10-18(28-3)11-9-17/h4-13,22,25H,14H2,1-3H3. The number of methoxy groups -OCH3 is 1. The second kappa shape index (κ2) is 7.35. The zero-order chi connectivity index (χ0) is 19.7. The Bertz CT molecular complexity index is 1010. The second-order valence-electron chi connectivity index (χ2n) is 7.08. The van der Waals surface area contributed by atoms with Gasteiger partial charge in [-0.2, -0.15) is 0 Å². The van der Waals surface area contributed by atoms with Gasteiger partial charge in [0.2, 0.25) is 0 Å². The highest BCUT2D eigenvalue weighted by molar-refractivity contribution is 5.99. The average molecular weight is 373 g/mol. The number of benzene rings is 2. The molecule has 4 rings (SSSR count). The summed E-state index contributed by atoms with van der Waals surface area (Å²) < 4.78 is 5.23. The third-order valence-electron chi connectivity index (χ3n) is 5.10. The maximum Gasteiger partial charge on any atom is 0.258 e. The summed E-state index contributed by atoms with van der Waals surface area (Å²) in [7, 11) is 1.64. The number of ether oxygens (including phenoxy) is 1. The number of rotatable bonds is 5. The lowest BCUT2D eigenvalue weighted by molar-refractivity contribution is 0.0727. The molecule has 1 aliphatic heterocycles. The Morgan fingerprint density at radius 3 is 2.64 bits per heavy atom. The van der Waals surface area contributed by atoms with Crippen molar-refractivity contribution < 1.29 is 9.53 Å². The number of carbonyl (C=O) groups is 1. The first-order valence-corrected chi connectivity index (χ1v) is 9.29. The predicted octanol–water partition coefficient (Wildman–Crippen LogP) is 4.47. The number of hydrogen-bond donors (Lipinski definition) is 1. The van der Waals surface area contributed by atoms with Crippen molar-refractivity contribution in [3.05, 3.63) is 88.7 Å². The number of fused-ring (bicyclic) bond motifs is 1. The molecule has 0 saturated heterocycles. The van der Waals surface area contributed by atoms with Crippen molar-refractivity contribution in [2.75, 3.05) is 12.4 Å². The number of carbonyl (C=O) groups excluding carboxylic acids is 1. The van der Waals surface area contributed by atoms with Crippen LogP contribution in [0.2, 0.25) is 0 Å². The average Bonchev–Trinajstić information content (AvgIpc) is 2.97. The Balaban J connectivity index is 1.68. The van der Waals surface area contributed by atoms with Crippen molar-refractivity contribution in [2.45, 2.75) is 26.6 Å². The number of aromatic nitrogens is 1. The van der Waals surface area contributed by atoms with E-state index in [1.807, 2.05) is 41.3 Å². The number of anilines is 1. The predicted molar refractivity (Wildman–Crippen MR) is 109 cm³/mol. The fourth-order valence-corrected chi connectivity index (χ4v) is 3.51. The summed E-state index contributed by atoms with van der Waals surface area (Å²) in [5.74, 6) is 0.785. The highest BCUT2D eigenvalue weighted by Gasteiger charge is 2.38. The second-order valence-corrected chi connectivity index (χ2v) is 7.08. The summed E-state index contributed by atoms with van der Waals surface area (Å²) in [6.07, 6.45) is 1.42. The Kier molecular flexibility index (Phi) is 4.74. The molecule has 28 heavy (non-hydrogen) atoms. The van der Waals surface area contributed by atoms with Gasteiger partial charge in [0.1, 0.15) is 11.9 Å². The SMILES string of the molecule is COc1ccc(CN2C(=O)c3cccnc3C2Nc2cc(C)ccc2C)cc1. The van der Waals surface area contributed by atoms with E-state index in [9.17, 15) is 4.79 Å². The van der Waals surface area contributed by atoms with Crippen molar-refractivity contribution in [3.63, 3.8) is 0 Å². The first kappa shape index (κ1) is 18.0. The van der Waals surface area contributed by atoms with Gasteiger partial charge in [-0.3, -0.25) is 9.78 Å². The van der Waals surface area contributed by atoms with Gasteiger partial charge >= 0.3 is 0 Å². The molecule has 142 valence electrons. The van der Waals surface area contributed by atoms with Crippen LogP contribution in [0, 0.1) is 13.8 Å². The molecule has 3 aromatic rings. The molecule has 2 aromatic carbocycles. The quantitative estimate of drug-likeness (QED) is 0.717. The molecule has 1 N–H and O–H groups in total. The fraction of sp³-hybridized carbons (Fsp3) is 0.217. The van der Waals surface area contributed by atoms with Crippen LogP contribution in [0.5, 0.6) is 5.75 Å². The van der Waals surface area contributed by atoms with E-state index in [1.54, 1.807) is 13.3 Å². The first-order chi connectivity index (χ1) is 13.6. The molecule has 5 nitrogen and oxygen atoms in total. The van der Waals surface area contributed by atoms with Gasteiger partial charge in [0.25, 0.3) is 5.91 Å². The molecule has 0 fully saturated rings. The highest BCUT2D eigenvalue weighted by atomic mass is 16.5. The summed E-state index contributed by atoms with van der Waals surface area (Å²) in [5.41, 5.74) is 5.76. The van der Waals surface area contributed by atoms with Crippen LogP contribution in [0.4, 0.5) is 5.69 Å². The number of aryl methyl sites for hydroxylation is 2.